The summed E-state index contributed by atoms with van der Waals surface area (Å²) in [5.41, 5.74) is 6.29. The zero-order valence-corrected chi connectivity index (χ0v) is 14.7. The summed E-state index contributed by atoms with van der Waals surface area (Å²) in [6, 6.07) is 7.30. The molecule has 1 amide bonds. The fourth-order valence-corrected chi connectivity index (χ4v) is 3.11. The second-order valence-corrected chi connectivity index (χ2v) is 6.61. The third-order valence-corrected chi connectivity index (χ3v) is 4.50. The lowest BCUT2D eigenvalue weighted by atomic mass is 9.97. The van der Waals surface area contributed by atoms with Gasteiger partial charge in [0.25, 0.3) is 0 Å². The first kappa shape index (κ1) is 17.8. The number of likely N-dealkylation sites (tertiary alicyclic amines) is 1. The lowest BCUT2D eigenvalue weighted by Gasteiger charge is -2.30. The number of nitrogens with one attached hydrogen (secondary N) is 1. The zero-order chi connectivity index (χ0) is 17.6. The number of benzene rings is 1. The summed E-state index contributed by atoms with van der Waals surface area (Å²) in [7, 11) is 0. The molecule has 8 heteroatoms. The quantitative estimate of drug-likeness (QED) is 0.810. The van der Waals surface area contributed by atoms with E-state index in [1.54, 1.807) is 12.1 Å². The van der Waals surface area contributed by atoms with Gasteiger partial charge in [0.1, 0.15) is 0 Å². The van der Waals surface area contributed by atoms with E-state index in [9.17, 15) is 4.79 Å². The van der Waals surface area contributed by atoms with Gasteiger partial charge < -0.3 is 15.6 Å². The standard InChI is InChI=1S/C17H22ClN5O2/c18-14-5-3-12(4-6-14)16-21-15(25-22-16)11-23-9-1-2-13(10-23)17(24)20-8-7-19/h3-6,13H,1-2,7-11,19H2,(H,20,24). The minimum Gasteiger partial charge on any atom is -0.355 e. The minimum atomic E-state index is -0.0149. The van der Waals surface area contributed by atoms with Crippen LogP contribution >= 0.6 is 11.6 Å². The average Bonchev–Trinajstić information content (AvgIpc) is 3.09. The molecule has 1 unspecified atom stereocenters. The van der Waals surface area contributed by atoms with Crippen molar-refractivity contribution in [1.82, 2.24) is 20.4 Å². The Morgan fingerprint density at radius 1 is 1.40 bits per heavy atom. The number of hydrogen-bond acceptors (Lipinski definition) is 6. The maximum atomic E-state index is 12.1. The summed E-state index contributed by atoms with van der Waals surface area (Å²) in [4.78, 5) is 18.7. The Balaban J connectivity index is 1.59. The van der Waals surface area contributed by atoms with Crippen LogP contribution in [0, 0.1) is 5.92 Å². The molecule has 1 aliphatic heterocycles. The van der Waals surface area contributed by atoms with Crippen molar-refractivity contribution in [1.29, 1.82) is 0 Å². The van der Waals surface area contributed by atoms with Crippen molar-refractivity contribution >= 4 is 17.5 Å². The van der Waals surface area contributed by atoms with Crippen molar-refractivity contribution in [2.45, 2.75) is 19.4 Å². The number of carbonyl (C=O) groups is 1. The van der Waals surface area contributed by atoms with Crippen LogP contribution in [-0.4, -0.2) is 47.1 Å². The van der Waals surface area contributed by atoms with E-state index in [2.05, 4.69) is 20.4 Å². The van der Waals surface area contributed by atoms with Gasteiger partial charge in [0.15, 0.2) is 0 Å². The summed E-state index contributed by atoms with van der Waals surface area (Å²) >= 11 is 5.89. The molecule has 1 aromatic carbocycles. The average molecular weight is 364 g/mol. The van der Waals surface area contributed by atoms with Crippen LogP contribution < -0.4 is 11.1 Å². The number of nitrogens with two attached hydrogens (primary N) is 1. The number of carbonyl (C=O) groups excluding carboxylic acids is 1. The molecule has 1 atom stereocenters. The van der Waals surface area contributed by atoms with Crippen LogP contribution in [0.15, 0.2) is 28.8 Å². The van der Waals surface area contributed by atoms with Crippen LogP contribution in [0.5, 0.6) is 0 Å². The fourth-order valence-electron chi connectivity index (χ4n) is 2.98. The fraction of sp³-hybridized carbons (Fsp3) is 0.471. The summed E-state index contributed by atoms with van der Waals surface area (Å²) in [5.74, 6) is 1.15. The van der Waals surface area contributed by atoms with Crippen molar-refractivity contribution in [3.05, 3.63) is 35.2 Å². The molecule has 1 saturated heterocycles. The first-order valence-electron chi connectivity index (χ1n) is 8.44. The van der Waals surface area contributed by atoms with Crippen LogP contribution in [-0.2, 0) is 11.3 Å². The molecule has 2 aromatic rings. The summed E-state index contributed by atoms with van der Waals surface area (Å²) < 4.78 is 5.36. The number of amides is 1. The Morgan fingerprint density at radius 3 is 2.96 bits per heavy atom. The summed E-state index contributed by atoms with van der Waals surface area (Å²) in [5, 5.41) is 7.56. The molecule has 1 fully saturated rings. The Kier molecular flexibility index (Phi) is 6.01. The molecule has 7 nitrogen and oxygen atoms in total. The van der Waals surface area contributed by atoms with Gasteiger partial charge in [-0.2, -0.15) is 4.98 Å². The molecule has 0 radical (unpaired) electrons. The van der Waals surface area contributed by atoms with E-state index in [1.807, 2.05) is 12.1 Å². The molecule has 3 N–H and O–H groups in total. The van der Waals surface area contributed by atoms with Gasteiger partial charge in [-0.05, 0) is 43.7 Å². The molecule has 1 aromatic heterocycles. The van der Waals surface area contributed by atoms with Crippen molar-refractivity contribution in [3.63, 3.8) is 0 Å². The van der Waals surface area contributed by atoms with Gasteiger partial charge in [0.05, 0.1) is 12.5 Å². The number of piperidine rings is 1. The molecule has 0 spiro atoms. The topological polar surface area (TPSA) is 97.3 Å². The van der Waals surface area contributed by atoms with Crippen LogP contribution in [0.1, 0.15) is 18.7 Å². The summed E-state index contributed by atoms with van der Waals surface area (Å²) in [6.45, 7) is 3.12. The number of halogens is 1. The molecule has 0 bridgehead atoms. The smallest absolute Gasteiger partial charge is 0.241 e. The van der Waals surface area contributed by atoms with Crippen molar-refractivity contribution < 1.29 is 9.32 Å². The van der Waals surface area contributed by atoms with Crippen molar-refractivity contribution in [3.8, 4) is 11.4 Å². The number of hydrogen-bond donors (Lipinski definition) is 2. The molecule has 2 heterocycles. The number of aromatic nitrogens is 2. The summed E-state index contributed by atoms with van der Waals surface area (Å²) in [6.07, 6.45) is 1.87. The minimum absolute atomic E-state index is 0.0149. The van der Waals surface area contributed by atoms with E-state index in [0.717, 1.165) is 24.9 Å². The second kappa shape index (κ2) is 8.42. The highest BCUT2D eigenvalue weighted by atomic mass is 35.5. The predicted octanol–water partition coefficient (Wildman–Crippen LogP) is 1.68. The van der Waals surface area contributed by atoms with Crippen molar-refractivity contribution in [2.75, 3.05) is 26.2 Å². The molecule has 134 valence electrons. The third-order valence-electron chi connectivity index (χ3n) is 4.25. The number of nitrogens with zero attached hydrogens (tertiary/aromatic N) is 3. The lowest BCUT2D eigenvalue weighted by Crippen LogP contribution is -2.43. The Bertz CT molecular complexity index is 703. The SMILES string of the molecule is NCCNC(=O)C1CCCN(Cc2nc(-c3ccc(Cl)cc3)no2)C1. The third kappa shape index (κ3) is 4.78. The molecule has 0 saturated carbocycles. The Hall–Kier alpha value is -1.96. The van der Waals surface area contributed by atoms with Gasteiger partial charge in [-0.25, -0.2) is 0 Å². The first-order chi connectivity index (χ1) is 12.2. The first-order valence-corrected chi connectivity index (χ1v) is 8.82. The maximum absolute atomic E-state index is 12.1. The normalized spacial score (nSPS) is 18.2. The highest BCUT2D eigenvalue weighted by Gasteiger charge is 2.26. The molecule has 3 rings (SSSR count). The highest BCUT2D eigenvalue weighted by molar-refractivity contribution is 6.30. The van der Waals surface area contributed by atoms with Gasteiger partial charge in [-0.15, -0.1) is 0 Å². The molecular formula is C17H22ClN5O2. The van der Waals surface area contributed by atoms with Gasteiger partial charge in [-0.1, -0.05) is 16.8 Å². The van der Waals surface area contributed by atoms with Gasteiger partial charge in [-0.3, -0.25) is 9.69 Å². The van der Waals surface area contributed by atoms with Gasteiger partial charge >= 0.3 is 0 Å². The van der Waals surface area contributed by atoms with E-state index >= 15 is 0 Å². The Labute approximate surface area is 151 Å². The Morgan fingerprint density at radius 2 is 2.20 bits per heavy atom. The monoisotopic (exact) mass is 363 g/mol. The van der Waals surface area contributed by atoms with Crippen LogP contribution in [0.2, 0.25) is 5.02 Å². The molecule has 25 heavy (non-hydrogen) atoms. The van der Waals surface area contributed by atoms with E-state index in [4.69, 9.17) is 21.9 Å². The zero-order valence-electron chi connectivity index (χ0n) is 13.9. The predicted molar refractivity (Wildman–Crippen MR) is 94.8 cm³/mol. The molecule has 1 aliphatic rings. The van der Waals surface area contributed by atoms with Gasteiger partial charge in [0.2, 0.25) is 17.6 Å². The highest BCUT2D eigenvalue weighted by Crippen LogP contribution is 2.21. The van der Waals surface area contributed by atoms with Crippen LogP contribution in [0.3, 0.4) is 0 Å². The van der Waals surface area contributed by atoms with E-state index < -0.39 is 0 Å². The molecule has 0 aliphatic carbocycles. The number of rotatable bonds is 6. The van der Waals surface area contributed by atoms with E-state index in [-0.39, 0.29) is 11.8 Å². The molecular weight excluding hydrogens is 342 g/mol. The second-order valence-electron chi connectivity index (χ2n) is 6.17. The van der Waals surface area contributed by atoms with E-state index in [1.165, 1.54) is 0 Å². The largest absolute Gasteiger partial charge is 0.355 e. The van der Waals surface area contributed by atoms with Crippen molar-refractivity contribution in [2.24, 2.45) is 11.7 Å². The van der Waals surface area contributed by atoms with Crippen LogP contribution in [0.4, 0.5) is 0 Å². The van der Waals surface area contributed by atoms with Gasteiger partial charge in [0, 0.05) is 30.2 Å². The lowest BCUT2D eigenvalue weighted by molar-refractivity contribution is -0.126. The van der Waals surface area contributed by atoms with E-state index in [0.29, 0.717) is 42.9 Å². The van der Waals surface area contributed by atoms with Crippen LogP contribution in [0.25, 0.3) is 11.4 Å². The maximum Gasteiger partial charge on any atom is 0.241 e.